The van der Waals surface area contributed by atoms with Crippen LogP contribution in [0.1, 0.15) is 24.8 Å². The SMILES string of the molecule is c1cc2c(cc1CNC1CCOC3(CCOC3)C1)OCO2. The van der Waals surface area contributed by atoms with Gasteiger partial charge in [0.1, 0.15) is 0 Å². The Balaban J connectivity index is 1.36. The summed E-state index contributed by atoms with van der Waals surface area (Å²) in [5.41, 5.74) is 1.19. The van der Waals surface area contributed by atoms with Crippen molar-refractivity contribution in [2.75, 3.05) is 26.6 Å². The summed E-state index contributed by atoms with van der Waals surface area (Å²) in [7, 11) is 0. The Labute approximate surface area is 124 Å². The zero-order chi connectivity index (χ0) is 14.1. The molecule has 1 aromatic rings. The van der Waals surface area contributed by atoms with E-state index in [2.05, 4.69) is 17.4 Å². The molecular formula is C16H21NO4. The van der Waals surface area contributed by atoms with E-state index in [1.165, 1.54) is 5.56 Å². The normalized spacial score (nSPS) is 31.0. The van der Waals surface area contributed by atoms with Crippen LogP contribution in [0.2, 0.25) is 0 Å². The molecule has 4 rings (SSSR count). The first-order chi connectivity index (χ1) is 10.3. The van der Waals surface area contributed by atoms with Gasteiger partial charge in [-0.2, -0.15) is 0 Å². The Bertz CT molecular complexity index is 513. The van der Waals surface area contributed by atoms with Crippen molar-refractivity contribution in [3.8, 4) is 11.5 Å². The minimum Gasteiger partial charge on any atom is -0.454 e. The van der Waals surface area contributed by atoms with E-state index in [1.807, 2.05) is 6.07 Å². The van der Waals surface area contributed by atoms with E-state index in [1.54, 1.807) is 0 Å². The fourth-order valence-corrected chi connectivity index (χ4v) is 3.38. The van der Waals surface area contributed by atoms with Gasteiger partial charge >= 0.3 is 0 Å². The molecule has 0 bridgehead atoms. The van der Waals surface area contributed by atoms with Crippen LogP contribution in [-0.2, 0) is 16.0 Å². The summed E-state index contributed by atoms with van der Waals surface area (Å²) in [4.78, 5) is 0. The zero-order valence-corrected chi connectivity index (χ0v) is 12.1. The third kappa shape index (κ3) is 2.73. The molecule has 2 fully saturated rings. The van der Waals surface area contributed by atoms with Crippen LogP contribution in [-0.4, -0.2) is 38.3 Å². The van der Waals surface area contributed by atoms with Crippen LogP contribution in [0.4, 0.5) is 0 Å². The Hall–Kier alpha value is -1.30. The van der Waals surface area contributed by atoms with E-state index in [-0.39, 0.29) is 5.60 Å². The number of hydrogen-bond donors (Lipinski definition) is 1. The summed E-state index contributed by atoms with van der Waals surface area (Å²) in [5.74, 6) is 1.69. The quantitative estimate of drug-likeness (QED) is 0.921. The Morgan fingerprint density at radius 1 is 1.19 bits per heavy atom. The lowest BCUT2D eigenvalue weighted by Gasteiger charge is -2.37. The van der Waals surface area contributed by atoms with Gasteiger partial charge in [0, 0.05) is 32.2 Å². The number of hydrogen-bond acceptors (Lipinski definition) is 5. The molecule has 0 amide bonds. The first kappa shape index (κ1) is 13.4. The van der Waals surface area contributed by atoms with E-state index >= 15 is 0 Å². The first-order valence-electron chi connectivity index (χ1n) is 7.67. The van der Waals surface area contributed by atoms with E-state index in [0.29, 0.717) is 12.8 Å². The molecule has 1 N–H and O–H groups in total. The topological polar surface area (TPSA) is 49.0 Å². The molecule has 5 heteroatoms. The van der Waals surface area contributed by atoms with E-state index in [9.17, 15) is 0 Å². The molecule has 2 unspecified atom stereocenters. The summed E-state index contributed by atoms with van der Waals surface area (Å²) in [6, 6.07) is 6.62. The number of benzene rings is 1. The van der Waals surface area contributed by atoms with Gasteiger partial charge in [-0.3, -0.25) is 0 Å². The van der Waals surface area contributed by atoms with Crippen LogP contribution in [0.5, 0.6) is 11.5 Å². The molecule has 0 aliphatic carbocycles. The van der Waals surface area contributed by atoms with E-state index in [4.69, 9.17) is 18.9 Å². The molecule has 21 heavy (non-hydrogen) atoms. The second kappa shape index (κ2) is 5.48. The van der Waals surface area contributed by atoms with Crippen LogP contribution in [0.3, 0.4) is 0 Å². The molecule has 1 aromatic carbocycles. The minimum atomic E-state index is -0.0369. The molecule has 0 aromatic heterocycles. The molecule has 3 heterocycles. The van der Waals surface area contributed by atoms with Gasteiger partial charge < -0.3 is 24.3 Å². The molecule has 2 atom stereocenters. The number of rotatable bonds is 3. The van der Waals surface area contributed by atoms with Crippen molar-refractivity contribution in [3.63, 3.8) is 0 Å². The lowest BCUT2D eigenvalue weighted by Crippen LogP contribution is -2.47. The fraction of sp³-hybridized carbons (Fsp3) is 0.625. The average molecular weight is 291 g/mol. The predicted octanol–water partition coefficient (Wildman–Crippen LogP) is 1.84. The standard InChI is InChI=1S/C16H21NO4/c1-2-14-15(20-11-19-14)7-12(1)9-17-13-3-5-21-16(8-13)4-6-18-10-16/h1-2,7,13,17H,3-6,8-11H2. The zero-order valence-electron chi connectivity index (χ0n) is 12.1. The Morgan fingerprint density at radius 3 is 3.05 bits per heavy atom. The Morgan fingerprint density at radius 2 is 2.14 bits per heavy atom. The van der Waals surface area contributed by atoms with Crippen molar-refractivity contribution in [1.29, 1.82) is 0 Å². The van der Waals surface area contributed by atoms with Crippen molar-refractivity contribution in [1.82, 2.24) is 5.32 Å². The molecule has 114 valence electrons. The Kier molecular flexibility index (Phi) is 3.49. The summed E-state index contributed by atoms with van der Waals surface area (Å²) >= 11 is 0. The van der Waals surface area contributed by atoms with Gasteiger partial charge in [0.05, 0.1) is 12.2 Å². The fourth-order valence-electron chi connectivity index (χ4n) is 3.38. The molecule has 2 saturated heterocycles. The highest BCUT2D eigenvalue weighted by atomic mass is 16.7. The highest BCUT2D eigenvalue weighted by molar-refractivity contribution is 5.44. The largest absolute Gasteiger partial charge is 0.454 e. The number of nitrogens with one attached hydrogen (secondary N) is 1. The summed E-state index contributed by atoms with van der Waals surface area (Å²) in [6.07, 6.45) is 3.12. The second-order valence-electron chi connectivity index (χ2n) is 6.09. The number of ether oxygens (including phenoxy) is 4. The molecular weight excluding hydrogens is 270 g/mol. The third-order valence-electron chi connectivity index (χ3n) is 4.59. The van der Waals surface area contributed by atoms with Gasteiger partial charge in [-0.1, -0.05) is 6.07 Å². The van der Waals surface area contributed by atoms with Gasteiger partial charge in [0.15, 0.2) is 11.5 Å². The second-order valence-corrected chi connectivity index (χ2v) is 6.09. The van der Waals surface area contributed by atoms with Gasteiger partial charge in [0.2, 0.25) is 6.79 Å². The summed E-state index contributed by atoms with van der Waals surface area (Å²) in [5, 5.41) is 3.65. The number of fused-ring (bicyclic) bond motifs is 1. The van der Waals surface area contributed by atoms with Gasteiger partial charge in [-0.25, -0.2) is 0 Å². The predicted molar refractivity (Wildman–Crippen MR) is 76.5 cm³/mol. The lowest BCUT2D eigenvalue weighted by molar-refractivity contribution is -0.0894. The van der Waals surface area contributed by atoms with Crippen molar-refractivity contribution in [3.05, 3.63) is 23.8 Å². The summed E-state index contributed by atoms with van der Waals surface area (Å²) in [6.45, 7) is 3.57. The first-order valence-corrected chi connectivity index (χ1v) is 7.67. The maximum Gasteiger partial charge on any atom is 0.231 e. The molecule has 3 aliphatic rings. The highest BCUT2D eigenvalue weighted by Gasteiger charge is 2.40. The maximum absolute atomic E-state index is 5.97. The molecule has 5 nitrogen and oxygen atoms in total. The maximum atomic E-state index is 5.97. The van der Waals surface area contributed by atoms with Crippen molar-refractivity contribution in [2.45, 2.75) is 37.5 Å². The van der Waals surface area contributed by atoms with Crippen molar-refractivity contribution >= 4 is 0 Å². The molecule has 0 radical (unpaired) electrons. The van der Waals surface area contributed by atoms with Crippen LogP contribution in [0, 0.1) is 0 Å². The monoisotopic (exact) mass is 291 g/mol. The van der Waals surface area contributed by atoms with Crippen LogP contribution < -0.4 is 14.8 Å². The smallest absolute Gasteiger partial charge is 0.231 e. The van der Waals surface area contributed by atoms with Gasteiger partial charge in [0.25, 0.3) is 0 Å². The minimum absolute atomic E-state index is 0.0369. The van der Waals surface area contributed by atoms with Crippen molar-refractivity contribution < 1.29 is 18.9 Å². The third-order valence-corrected chi connectivity index (χ3v) is 4.59. The lowest BCUT2D eigenvalue weighted by atomic mass is 9.89. The van der Waals surface area contributed by atoms with Crippen LogP contribution in [0.15, 0.2) is 18.2 Å². The van der Waals surface area contributed by atoms with E-state index in [0.717, 1.165) is 57.1 Å². The van der Waals surface area contributed by atoms with Gasteiger partial charge in [-0.15, -0.1) is 0 Å². The molecule has 1 spiro atoms. The molecule has 3 aliphatic heterocycles. The molecule has 0 saturated carbocycles. The average Bonchev–Trinajstić information content (AvgIpc) is 3.14. The highest BCUT2D eigenvalue weighted by Crippen LogP contribution is 2.34. The summed E-state index contributed by atoms with van der Waals surface area (Å²) < 4.78 is 22.2. The van der Waals surface area contributed by atoms with Crippen LogP contribution >= 0.6 is 0 Å². The van der Waals surface area contributed by atoms with Crippen LogP contribution in [0.25, 0.3) is 0 Å². The van der Waals surface area contributed by atoms with Crippen molar-refractivity contribution in [2.24, 2.45) is 0 Å². The van der Waals surface area contributed by atoms with Gasteiger partial charge in [-0.05, 0) is 30.5 Å². The van der Waals surface area contributed by atoms with E-state index < -0.39 is 0 Å².